The predicted molar refractivity (Wildman–Crippen MR) is 27.6 cm³/mol. The first-order chi connectivity index (χ1) is 1.73. The van der Waals surface area contributed by atoms with Crippen LogP contribution >= 0.6 is 0 Å². The average molecular weight is 154 g/mol. The molecule has 0 aromatic heterocycles. The Hall–Kier alpha value is 1.87. The minimum atomic E-state index is -0.833. The molecule has 28 valence electrons. The molecule has 0 aliphatic heterocycles. The normalized spacial score (nSPS) is 4.17. The van der Waals surface area contributed by atoms with Crippen molar-refractivity contribution >= 4 is 83.0 Å². The Morgan fingerprint density at radius 1 is 1.67 bits per heavy atom. The Kier molecular flexibility index (Phi) is 26.1. The van der Waals surface area contributed by atoms with E-state index in [1.807, 2.05) is 0 Å². The van der Waals surface area contributed by atoms with Gasteiger partial charge in [0, 0.05) is 6.92 Å². The van der Waals surface area contributed by atoms with E-state index in [1.165, 1.54) is 0 Å². The van der Waals surface area contributed by atoms with Crippen molar-refractivity contribution < 1.29 is 9.90 Å². The van der Waals surface area contributed by atoms with Gasteiger partial charge in [0.2, 0.25) is 0 Å². The number of rotatable bonds is 0. The molecule has 0 spiro atoms. The zero-order chi connectivity index (χ0) is 3.58. The summed E-state index contributed by atoms with van der Waals surface area (Å²) in [6.45, 7) is 1.08. The molecule has 0 atom stereocenters. The van der Waals surface area contributed by atoms with Gasteiger partial charge in [0.05, 0.1) is 0 Å². The van der Waals surface area contributed by atoms with Gasteiger partial charge < -0.3 is 5.11 Å². The average Bonchev–Trinajstić information content (AvgIpc) is 0.811. The van der Waals surface area contributed by atoms with Gasteiger partial charge in [0.25, 0.3) is 5.97 Å². The van der Waals surface area contributed by atoms with Crippen LogP contribution in [0.1, 0.15) is 6.92 Å². The molecule has 0 rings (SSSR count). The fraction of sp³-hybridized carbons (Fsp3) is 0.500. The third-order valence-electron chi connectivity index (χ3n) is 0. The van der Waals surface area contributed by atoms with E-state index in [1.54, 1.807) is 0 Å². The van der Waals surface area contributed by atoms with Crippen LogP contribution in [-0.2, 0) is 4.79 Å². The van der Waals surface area contributed by atoms with Crippen molar-refractivity contribution in [2.75, 3.05) is 0 Å². The van der Waals surface area contributed by atoms with Crippen LogP contribution in [0.5, 0.6) is 0 Å². The summed E-state index contributed by atoms with van der Waals surface area (Å²) >= 11 is 0. The zero-order valence-electron chi connectivity index (χ0n) is 2.36. The van der Waals surface area contributed by atoms with Gasteiger partial charge in [0.1, 0.15) is 0 Å². The van der Waals surface area contributed by atoms with Crippen LogP contribution in [0.15, 0.2) is 0 Å². The molecule has 0 aromatic rings. The van der Waals surface area contributed by atoms with Crippen molar-refractivity contribution in [2.24, 2.45) is 0 Å². The second-order valence-corrected chi connectivity index (χ2v) is 0.519. The summed E-state index contributed by atoms with van der Waals surface area (Å²) in [7, 11) is 0. The fourth-order valence-electron chi connectivity index (χ4n) is 0. The fourth-order valence-corrected chi connectivity index (χ4v) is 0. The predicted octanol–water partition coefficient (Wildman–Crippen LogP) is -1.21. The first-order valence-corrected chi connectivity index (χ1v) is 0.928. The van der Waals surface area contributed by atoms with E-state index in [0.717, 1.165) is 6.92 Å². The van der Waals surface area contributed by atoms with Crippen LogP contribution in [0.4, 0.5) is 0 Å². The van der Waals surface area contributed by atoms with Gasteiger partial charge in [-0.25, -0.2) is 0 Å². The van der Waals surface area contributed by atoms with E-state index in [0.29, 0.717) is 0 Å². The van der Waals surface area contributed by atoms with Gasteiger partial charge in [-0.1, -0.05) is 0 Å². The van der Waals surface area contributed by atoms with Crippen LogP contribution in [0.2, 0.25) is 0 Å². The molecular weight excluding hydrogens is 148 g/mol. The molecule has 0 heterocycles. The second-order valence-electron chi connectivity index (χ2n) is 0.519. The molecule has 0 saturated heterocycles. The molecule has 0 aliphatic carbocycles. The number of aliphatic carboxylic acids is 1. The SMILES string of the molecule is CC(=O)O.[LiH].[RbH]. The molecule has 1 N–H and O–H groups in total. The number of carboxylic acid groups (broad SMARTS) is 1. The van der Waals surface area contributed by atoms with Gasteiger partial charge in [-0.05, 0) is 0 Å². The Morgan fingerprint density at radius 3 is 1.67 bits per heavy atom. The summed E-state index contributed by atoms with van der Waals surface area (Å²) in [6, 6.07) is 0. The van der Waals surface area contributed by atoms with Gasteiger partial charge in [0.15, 0.2) is 0 Å². The third kappa shape index (κ3) is 39.8. The summed E-state index contributed by atoms with van der Waals surface area (Å²) in [6.07, 6.45) is 0. The molecular formula is C2H6LiO2Rb. The van der Waals surface area contributed by atoms with Gasteiger partial charge in [-0.3, -0.25) is 4.79 Å². The number of carboxylic acids is 1. The molecule has 0 radical (unpaired) electrons. The molecule has 2 nitrogen and oxygen atoms in total. The Labute approximate surface area is 97.7 Å². The van der Waals surface area contributed by atoms with E-state index in [2.05, 4.69) is 0 Å². The van der Waals surface area contributed by atoms with Crippen LogP contribution in [0, 0.1) is 0 Å². The molecule has 0 aromatic carbocycles. The van der Waals surface area contributed by atoms with Crippen LogP contribution in [0.3, 0.4) is 0 Å². The van der Waals surface area contributed by atoms with E-state index in [-0.39, 0.29) is 77.0 Å². The van der Waals surface area contributed by atoms with E-state index in [4.69, 9.17) is 9.90 Å². The van der Waals surface area contributed by atoms with Crippen molar-refractivity contribution in [2.45, 2.75) is 6.92 Å². The molecule has 0 aliphatic rings. The zero-order valence-corrected chi connectivity index (χ0v) is 2.36. The molecule has 0 amide bonds. The Morgan fingerprint density at radius 2 is 1.67 bits per heavy atom. The molecule has 4 heteroatoms. The number of carbonyl (C=O) groups is 1. The summed E-state index contributed by atoms with van der Waals surface area (Å²) in [5.41, 5.74) is 0. The molecule has 0 bridgehead atoms. The van der Waals surface area contributed by atoms with Gasteiger partial charge in [-0.2, -0.15) is 0 Å². The van der Waals surface area contributed by atoms with Crippen LogP contribution in [0.25, 0.3) is 0 Å². The standard InChI is InChI=1S/C2H4O2.Li.Rb.2H/c1-2(3)4;;;;/h1H3,(H,3,4);;;;. The number of hydrogen-bond acceptors (Lipinski definition) is 1. The van der Waals surface area contributed by atoms with Crippen molar-refractivity contribution in [1.29, 1.82) is 0 Å². The molecule has 0 unspecified atom stereocenters. The molecule has 0 fully saturated rings. The number of hydrogen-bond donors (Lipinski definition) is 1. The summed E-state index contributed by atoms with van der Waals surface area (Å²) in [5, 5.41) is 7.42. The summed E-state index contributed by atoms with van der Waals surface area (Å²) < 4.78 is 0. The summed E-state index contributed by atoms with van der Waals surface area (Å²) in [4.78, 5) is 9.00. The third-order valence-corrected chi connectivity index (χ3v) is 0. The van der Waals surface area contributed by atoms with E-state index < -0.39 is 5.97 Å². The van der Waals surface area contributed by atoms with E-state index >= 15 is 0 Å². The van der Waals surface area contributed by atoms with Crippen molar-refractivity contribution in [1.82, 2.24) is 0 Å². The van der Waals surface area contributed by atoms with Crippen LogP contribution in [-0.4, -0.2) is 88.1 Å². The maximum atomic E-state index is 9.00. The van der Waals surface area contributed by atoms with Crippen molar-refractivity contribution in [3.8, 4) is 0 Å². The summed E-state index contributed by atoms with van der Waals surface area (Å²) in [5.74, 6) is -0.833. The quantitative estimate of drug-likeness (QED) is 0.445. The molecule has 6 heavy (non-hydrogen) atoms. The first-order valence-electron chi connectivity index (χ1n) is 0.928. The Bertz CT molecular complexity index is 34.5. The topological polar surface area (TPSA) is 37.3 Å². The maximum absolute atomic E-state index is 9.00. The van der Waals surface area contributed by atoms with Crippen molar-refractivity contribution in [3.05, 3.63) is 0 Å². The first kappa shape index (κ1) is 15.7. The van der Waals surface area contributed by atoms with Gasteiger partial charge in [-0.15, -0.1) is 0 Å². The van der Waals surface area contributed by atoms with Gasteiger partial charge >= 0.3 is 77.0 Å². The minimum absolute atomic E-state index is 0. The van der Waals surface area contributed by atoms with Crippen LogP contribution < -0.4 is 0 Å². The van der Waals surface area contributed by atoms with Crippen molar-refractivity contribution in [3.63, 3.8) is 0 Å². The Balaban J connectivity index is -0.0000000450. The van der Waals surface area contributed by atoms with E-state index in [9.17, 15) is 0 Å². The molecule has 0 saturated carbocycles. The second kappa shape index (κ2) is 9.98. The monoisotopic (exact) mass is 154 g/mol.